The van der Waals surface area contributed by atoms with Crippen molar-refractivity contribution >= 4 is 0 Å². The molecule has 0 bridgehead atoms. The standard InChI is InChI=1S/C17H17F2N/c1-11-8-15(17(19)9-16(11)18)14-5-3-2-4-12(14)10-20-13-6-7-13/h2-5,8-9,13,20H,6-7,10H2,1H3. The van der Waals surface area contributed by atoms with E-state index in [1.54, 1.807) is 13.0 Å². The number of aryl methyl sites for hydroxylation is 1. The van der Waals surface area contributed by atoms with Gasteiger partial charge in [-0.05, 0) is 42.5 Å². The lowest BCUT2D eigenvalue weighted by Crippen LogP contribution is -2.15. The summed E-state index contributed by atoms with van der Waals surface area (Å²) < 4.78 is 27.4. The van der Waals surface area contributed by atoms with Crippen LogP contribution in [0.25, 0.3) is 11.1 Å². The number of rotatable bonds is 4. The highest BCUT2D eigenvalue weighted by Crippen LogP contribution is 2.29. The van der Waals surface area contributed by atoms with E-state index in [2.05, 4.69) is 5.32 Å². The molecule has 1 saturated carbocycles. The van der Waals surface area contributed by atoms with Crippen molar-refractivity contribution in [2.75, 3.05) is 0 Å². The monoisotopic (exact) mass is 273 g/mol. The first-order chi connectivity index (χ1) is 9.65. The van der Waals surface area contributed by atoms with Crippen LogP contribution in [0.2, 0.25) is 0 Å². The lowest BCUT2D eigenvalue weighted by molar-refractivity contribution is 0.579. The quantitative estimate of drug-likeness (QED) is 0.880. The van der Waals surface area contributed by atoms with Crippen molar-refractivity contribution < 1.29 is 8.78 Å². The van der Waals surface area contributed by atoms with Gasteiger partial charge in [-0.25, -0.2) is 8.78 Å². The molecule has 2 aromatic carbocycles. The number of benzene rings is 2. The van der Waals surface area contributed by atoms with Gasteiger partial charge in [-0.1, -0.05) is 24.3 Å². The van der Waals surface area contributed by atoms with Crippen LogP contribution in [0.5, 0.6) is 0 Å². The van der Waals surface area contributed by atoms with E-state index in [0.29, 0.717) is 17.2 Å². The summed E-state index contributed by atoms with van der Waals surface area (Å²) >= 11 is 0. The summed E-state index contributed by atoms with van der Waals surface area (Å²) in [5, 5.41) is 3.43. The second kappa shape index (κ2) is 5.33. The Morgan fingerprint density at radius 2 is 1.80 bits per heavy atom. The molecule has 0 radical (unpaired) electrons. The highest BCUT2D eigenvalue weighted by atomic mass is 19.1. The summed E-state index contributed by atoms with van der Waals surface area (Å²) in [6.07, 6.45) is 2.43. The SMILES string of the molecule is Cc1cc(-c2ccccc2CNC2CC2)c(F)cc1F. The van der Waals surface area contributed by atoms with Gasteiger partial charge in [0.1, 0.15) is 11.6 Å². The third kappa shape index (κ3) is 2.73. The maximum Gasteiger partial charge on any atom is 0.133 e. The van der Waals surface area contributed by atoms with Gasteiger partial charge in [-0.3, -0.25) is 0 Å². The minimum Gasteiger partial charge on any atom is -0.310 e. The van der Waals surface area contributed by atoms with Crippen LogP contribution in [0.15, 0.2) is 36.4 Å². The van der Waals surface area contributed by atoms with Crippen LogP contribution in [-0.2, 0) is 6.54 Å². The fourth-order valence-corrected chi connectivity index (χ4v) is 2.34. The van der Waals surface area contributed by atoms with Gasteiger partial charge in [-0.2, -0.15) is 0 Å². The molecule has 104 valence electrons. The second-order valence-electron chi connectivity index (χ2n) is 5.39. The van der Waals surface area contributed by atoms with Crippen molar-refractivity contribution in [1.82, 2.24) is 5.32 Å². The molecule has 0 amide bonds. The van der Waals surface area contributed by atoms with Crippen molar-refractivity contribution in [3.05, 3.63) is 59.2 Å². The van der Waals surface area contributed by atoms with Crippen LogP contribution in [0.1, 0.15) is 24.0 Å². The molecule has 1 aliphatic rings. The van der Waals surface area contributed by atoms with Gasteiger partial charge in [0.15, 0.2) is 0 Å². The van der Waals surface area contributed by atoms with Crippen LogP contribution in [0.4, 0.5) is 8.78 Å². The fraction of sp³-hybridized carbons (Fsp3) is 0.294. The summed E-state index contributed by atoms with van der Waals surface area (Å²) in [4.78, 5) is 0. The molecule has 0 spiro atoms. The third-order valence-corrected chi connectivity index (χ3v) is 3.71. The Morgan fingerprint density at radius 1 is 1.05 bits per heavy atom. The maximum absolute atomic E-state index is 14.0. The molecule has 0 unspecified atom stereocenters. The first-order valence-corrected chi connectivity index (χ1v) is 6.92. The van der Waals surface area contributed by atoms with Gasteiger partial charge in [0, 0.05) is 24.2 Å². The van der Waals surface area contributed by atoms with E-state index < -0.39 is 11.6 Å². The molecule has 0 saturated heterocycles. The Morgan fingerprint density at radius 3 is 2.55 bits per heavy atom. The van der Waals surface area contributed by atoms with E-state index in [-0.39, 0.29) is 0 Å². The molecule has 0 atom stereocenters. The first-order valence-electron chi connectivity index (χ1n) is 6.92. The van der Waals surface area contributed by atoms with Gasteiger partial charge in [0.05, 0.1) is 0 Å². The minimum absolute atomic E-state index is 0.464. The molecule has 1 N–H and O–H groups in total. The molecule has 1 fully saturated rings. The maximum atomic E-state index is 14.0. The van der Waals surface area contributed by atoms with Crippen molar-refractivity contribution in [3.8, 4) is 11.1 Å². The predicted molar refractivity (Wildman–Crippen MR) is 76.4 cm³/mol. The molecule has 0 aliphatic heterocycles. The lowest BCUT2D eigenvalue weighted by Gasteiger charge is -2.12. The third-order valence-electron chi connectivity index (χ3n) is 3.71. The Labute approximate surface area is 117 Å². The van der Waals surface area contributed by atoms with Gasteiger partial charge >= 0.3 is 0 Å². The normalized spacial score (nSPS) is 14.6. The molecular weight excluding hydrogens is 256 g/mol. The van der Waals surface area contributed by atoms with Crippen molar-refractivity contribution in [2.24, 2.45) is 0 Å². The largest absolute Gasteiger partial charge is 0.310 e. The average molecular weight is 273 g/mol. The minimum atomic E-state index is -0.507. The molecule has 2 aromatic rings. The van der Waals surface area contributed by atoms with Crippen LogP contribution in [0.3, 0.4) is 0 Å². The zero-order valence-corrected chi connectivity index (χ0v) is 11.4. The average Bonchev–Trinajstić information content (AvgIpc) is 3.25. The van der Waals surface area contributed by atoms with Crippen LogP contribution in [-0.4, -0.2) is 6.04 Å². The highest BCUT2D eigenvalue weighted by Gasteiger charge is 2.21. The van der Waals surface area contributed by atoms with Crippen molar-refractivity contribution in [2.45, 2.75) is 32.4 Å². The fourth-order valence-electron chi connectivity index (χ4n) is 2.34. The van der Waals surface area contributed by atoms with Gasteiger partial charge in [0.2, 0.25) is 0 Å². The number of halogens is 2. The Hall–Kier alpha value is -1.74. The highest BCUT2D eigenvalue weighted by molar-refractivity contribution is 5.68. The summed E-state index contributed by atoms with van der Waals surface area (Å²) in [6, 6.07) is 10.9. The van der Waals surface area contributed by atoms with E-state index in [1.807, 2.05) is 24.3 Å². The number of nitrogens with one attached hydrogen (secondary N) is 1. The Balaban J connectivity index is 1.98. The van der Waals surface area contributed by atoms with E-state index in [4.69, 9.17) is 0 Å². The smallest absolute Gasteiger partial charge is 0.133 e. The Bertz CT molecular complexity index is 633. The zero-order chi connectivity index (χ0) is 14.1. The van der Waals surface area contributed by atoms with E-state index in [0.717, 1.165) is 23.7 Å². The topological polar surface area (TPSA) is 12.0 Å². The van der Waals surface area contributed by atoms with Gasteiger partial charge in [0.25, 0.3) is 0 Å². The molecule has 3 rings (SSSR count). The Kier molecular flexibility index (Phi) is 3.53. The summed E-state index contributed by atoms with van der Waals surface area (Å²) in [5.41, 5.74) is 2.81. The molecular formula is C17H17F2N. The summed E-state index contributed by atoms with van der Waals surface area (Å²) in [6.45, 7) is 2.38. The van der Waals surface area contributed by atoms with Crippen LogP contribution >= 0.6 is 0 Å². The van der Waals surface area contributed by atoms with Crippen molar-refractivity contribution in [3.63, 3.8) is 0 Å². The van der Waals surface area contributed by atoms with E-state index >= 15 is 0 Å². The lowest BCUT2D eigenvalue weighted by atomic mass is 9.97. The van der Waals surface area contributed by atoms with Gasteiger partial charge in [-0.15, -0.1) is 0 Å². The van der Waals surface area contributed by atoms with Crippen molar-refractivity contribution in [1.29, 1.82) is 0 Å². The molecule has 0 heterocycles. The summed E-state index contributed by atoms with van der Waals surface area (Å²) in [5.74, 6) is -1.01. The molecule has 20 heavy (non-hydrogen) atoms. The number of hydrogen-bond donors (Lipinski definition) is 1. The van der Waals surface area contributed by atoms with E-state index in [1.165, 1.54) is 12.8 Å². The second-order valence-corrected chi connectivity index (χ2v) is 5.39. The summed E-state index contributed by atoms with van der Waals surface area (Å²) in [7, 11) is 0. The molecule has 1 aliphatic carbocycles. The predicted octanol–water partition coefficient (Wildman–Crippen LogP) is 4.19. The zero-order valence-electron chi connectivity index (χ0n) is 11.4. The number of hydrogen-bond acceptors (Lipinski definition) is 1. The van der Waals surface area contributed by atoms with E-state index in [9.17, 15) is 8.78 Å². The van der Waals surface area contributed by atoms with Crippen LogP contribution in [0, 0.1) is 18.6 Å². The van der Waals surface area contributed by atoms with Gasteiger partial charge < -0.3 is 5.32 Å². The molecule has 1 nitrogen and oxygen atoms in total. The molecule has 0 aromatic heterocycles. The molecule has 3 heteroatoms. The first kappa shape index (κ1) is 13.3. The van der Waals surface area contributed by atoms with Crippen LogP contribution < -0.4 is 5.32 Å².